The molecule has 3 heterocycles. The van der Waals surface area contributed by atoms with Gasteiger partial charge >= 0.3 is 0 Å². The van der Waals surface area contributed by atoms with Gasteiger partial charge in [0.15, 0.2) is 0 Å². The fourth-order valence-corrected chi connectivity index (χ4v) is 2.82. The van der Waals surface area contributed by atoms with Crippen LogP contribution >= 0.6 is 0 Å². The van der Waals surface area contributed by atoms with Crippen molar-refractivity contribution in [3.63, 3.8) is 0 Å². The largest absolute Gasteiger partial charge is 0.351 e. The Kier molecular flexibility index (Phi) is 4.19. The lowest BCUT2D eigenvalue weighted by Gasteiger charge is -2.25. The van der Waals surface area contributed by atoms with E-state index in [-0.39, 0.29) is 23.6 Å². The van der Waals surface area contributed by atoms with Gasteiger partial charge in [-0.15, -0.1) is 10.2 Å². The quantitative estimate of drug-likeness (QED) is 0.934. The van der Waals surface area contributed by atoms with Gasteiger partial charge in [0.2, 0.25) is 5.76 Å². The van der Waals surface area contributed by atoms with Crippen molar-refractivity contribution in [1.82, 2.24) is 25.2 Å². The smallest absolute Gasteiger partial charge is 0.290 e. The molecule has 7 nitrogen and oxygen atoms in total. The molecule has 0 saturated heterocycles. The molecule has 1 N–H and O–H groups in total. The molecular weight excluding hydrogens is 294 g/mol. The fourth-order valence-electron chi connectivity index (χ4n) is 2.82. The number of carbonyl (C=O) groups excluding carboxylic acids is 1. The number of aromatic nitrogens is 4. The van der Waals surface area contributed by atoms with E-state index in [1.807, 2.05) is 13.8 Å². The molecule has 0 fully saturated rings. The minimum atomic E-state index is -0.211. The van der Waals surface area contributed by atoms with Crippen molar-refractivity contribution in [2.45, 2.75) is 65.0 Å². The number of nitrogens with one attached hydrogen (secondary N) is 1. The van der Waals surface area contributed by atoms with Crippen LogP contribution in [0.4, 0.5) is 0 Å². The van der Waals surface area contributed by atoms with Gasteiger partial charge in [0.05, 0.1) is 5.69 Å². The van der Waals surface area contributed by atoms with Crippen LogP contribution in [-0.2, 0) is 13.0 Å². The monoisotopic (exact) mass is 317 g/mol. The molecule has 124 valence electrons. The molecule has 2 aromatic heterocycles. The Morgan fingerprint density at radius 2 is 2.09 bits per heavy atom. The van der Waals surface area contributed by atoms with E-state index in [9.17, 15) is 4.79 Å². The van der Waals surface area contributed by atoms with Crippen molar-refractivity contribution in [3.8, 4) is 0 Å². The number of amides is 1. The zero-order valence-corrected chi connectivity index (χ0v) is 14.0. The van der Waals surface area contributed by atoms with Gasteiger partial charge in [0, 0.05) is 31.0 Å². The van der Waals surface area contributed by atoms with Crippen LogP contribution in [0.2, 0.25) is 0 Å². The number of aryl methyl sites for hydroxylation is 1. The predicted molar refractivity (Wildman–Crippen MR) is 84.3 cm³/mol. The third kappa shape index (κ3) is 3.13. The summed E-state index contributed by atoms with van der Waals surface area (Å²) >= 11 is 0. The van der Waals surface area contributed by atoms with Gasteiger partial charge in [-0.2, -0.15) is 0 Å². The summed E-state index contributed by atoms with van der Waals surface area (Å²) in [6, 6.07) is 1.77. The molecule has 0 saturated carbocycles. The minimum absolute atomic E-state index is 0.0519. The average Bonchev–Trinajstić information content (AvgIpc) is 3.13. The SMILES string of the molecule is CC(C)c1cc(C(=O)N[C@@H]2CCc3nnc(C(C)C)n3C2)on1. The zero-order chi connectivity index (χ0) is 16.6. The predicted octanol–water partition coefficient (Wildman–Crippen LogP) is 2.26. The van der Waals surface area contributed by atoms with E-state index in [0.717, 1.165) is 30.2 Å². The molecule has 3 rings (SSSR count). The van der Waals surface area contributed by atoms with Crippen LogP contribution < -0.4 is 5.32 Å². The maximum Gasteiger partial charge on any atom is 0.290 e. The van der Waals surface area contributed by atoms with Crippen LogP contribution in [0.3, 0.4) is 0 Å². The molecule has 0 unspecified atom stereocenters. The molecule has 0 aromatic carbocycles. The molecule has 0 spiro atoms. The highest BCUT2D eigenvalue weighted by Crippen LogP contribution is 2.20. The first-order chi connectivity index (χ1) is 11.0. The summed E-state index contributed by atoms with van der Waals surface area (Å²) in [5.41, 5.74) is 0.794. The van der Waals surface area contributed by atoms with E-state index < -0.39 is 0 Å². The van der Waals surface area contributed by atoms with Crippen molar-refractivity contribution in [3.05, 3.63) is 29.2 Å². The number of nitrogens with zero attached hydrogens (tertiary/aromatic N) is 4. The molecule has 1 amide bonds. The lowest BCUT2D eigenvalue weighted by Crippen LogP contribution is -2.41. The Morgan fingerprint density at radius 3 is 2.74 bits per heavy atom. The van der Waals surface area contributed by atoms with Crippen molar-refractivity contribution in [2.24, 2.45) is 0 Å². The normalized spacial score (nSPS) is 17.6. The first-order valence-electron chi connectivity index (χ1n) is 8.15. The van der Waals surface area contributed by atoms with Gasteiger partial charge < -0.3 is 14.4 Å². The Morgan fingerprint density at radius 1 is 1.30 bits per heavy atom. The van der Waals surface area contributed by atoms with Gasteiger partial charge in [-0.05, 0) is 12.3 Å². The topological polar surface area (TPSA) is 85.8 Å². The van der Waals surface area contributed by atoms with Crippen LogP contribution in [0, 0.1) is 0 Å². The Hall–Kier alpha value is -2.18. The van der Waals surface area contributed by atoms with Crippen LogP contribution in [0.5, 0.6) is 0 Å². The van der Waals surface area contributed by atoms with Crippen LogP contribution in [0.25, 0.3) is 0 Å². The third-order valence-corrected chi connectivity index (χ3v) is 4.17. The van der Waals surface area contributed by atoms with E-state index in [1.54, 1.807) is 6.07 Å². The molecule has 7 heteroatoms. The number of fused-ring (bicyclic) bond motifs is 1. The van der Waals surface area contributed by atoms with Crippen LogP contribution in [0.15, 0.2) is 10.6 Å². The highest BCUT2D eigenvalue weighted by Gasteiger charge is 2.26. The van der Waals surface area contributed by atoms with E-state index in [2.05, 4.69) is 39.1 Å². The van der Waals surface area contributed by atoms with Gasteiger partial charge in [0.25, 0.3) is 5.91 Å². The van der Waals surface area contributed by atoms with E-state index in [1.165, 1.54) is 0 Å². The minimum Gasteiger partial charge on any atom is -0.351 e. The highest BCUT2D eigenvalue weighted by molar-refractivity contribution is 5.91. The summed E-state index contributed by atoms with van der Waals surface area (Å²) in [5.74, 6) is 2.59. The third-order valence-electron chi connectivity index (χ3n) is 4.17. The van der Waals surface area contributed by atoms with Crippen molar-refractivity contribution >= 4 is 5.91 Å². The Balaban J connectivity index is 1.69. The van der Waals surface area contributed by atoms with E-state index in [4.69, 9.17) is 4.52 Å². The van der Waals surface area contributed by atoms with Crippen LogP contribution in [-0.4, -0.2) is 31.9 Å². The molecule has 0 bridgehead atoms. The number of hydrogen-bond donors (Lipinski definition) is 1. The molecule has 0 aliphatic carbocycles. The van der Waals surface area contributed by atoms with Crippen LogP contribution in [0.1, 0.15) is 73.8 Å². The highest BCUT2D eigenvalue weighted by atomic mass is 16.5. The second kappa shape index (κ2) is 6.14. The standard InChI is InChI=1S/C16H23N5O2/c1-9(2)12-7-13(23-20-12)16(22)17-11-5-6-14-18-19-15(10(3)4)21(14)8-11/h7,9-11H,5-6,8H2,1-4H3,(H,17,22)/t11-/m1/s1. The lowest BCUT2D eigenvalue weighted by molar-refractivity contribution is 0.0889. The molecule has 1 aliphatic rings. The number of carbonyl (C=O) groups is 1. The van der Waals surface area contributed by atoms with Gasteiger partial charge in [-0.25, -0.2) is 0 Å². The Bertz CT molecular complexity index is 701. The van der Waals surface area contributed by atoms with Crippen molar-refractivity contribution in [2.75, 3.05) is 0 Å². The molecule has 1 aliphatic heterocycles. The Labute approximate surface area is 135 Å². The first-order valence-corrected chi connectivity index (χ1v) is 8.15. The second-order valence-corrected chi connectivity index (χ2v) is 6.72. The maximum atomic E-state index is 12.3. The summed E-state index contributed by atoms with van der Waals surface area (Å²) in [6.45, 7) is 8.93. The van der Waals surface area contributed by atoms with Crippen molar-refractivity contribution < 1.29 is 9.32 Å². The molecular formula is C16H23N5O2. The average molecular weight is 317 g/mol. The molecule has 2 aromatic rings. The maximum absolute atomic E-state index is 12.3. The van der Waals surface area contributed by atoms with Gasteiger partial charge in [-0.3, -0.25) is 4.79 Å². The van der Waals surface area contributed by atoms with E-state index in [0.29, 0.717) is 12.5 Å². The summed E-state index contributed by atoms with van der Waals surface area (Å²) in [5, 5.41) is 15.5. The van der Waals surface area contributed by atoms with Gasteiger partial charge in [-0.1, -0.05) is 32.9 Å². The molecule has 23 heavy (non-hydrogen) atoms. The van der Waals surface area contributed by atoms with Crippen molar-refractivity contribution in [1.29, 1.82) is 0 Å². The first kappa shape index (κ1) is 15.7. The summed E-state index contributed by atoms with van der Waals surface area (Å²) < 4.78 is 7.28. The number of rotatable bonds is 4. The summed E-state index contributed by atoms with van der Waals surface area (Å²) in [6.07, 6.45) is 1.67. The molecule has 0 radical (unpaired) electrons. The molecule has 1 atom stereocenters. The number of hydrogen-bond acceptors (Lipinski definition) is 5. The fraction of sp³-hybridized carbons (Fsp3) is 0.625. The summed E-state index contributed by atoms with van der Waals surface area (Å²) in [4.78, 5) is 12.3. The summed E-state index contributed by atoms with van der Waals surface area (Å²) in [7, 11) is 0. The lowest BCUT2D eigenvalue weighted by atomic mass is 10.1. The second-order valence-electron chi connectivity index (χ2n) is 6.72. The van der Waals surface area contributed by atoms with E-state index >= 15 is 0 Å². The van der Waals surface area contributed by atoms with Gasteiger partial charge in [0.1, 0.15) is 11.6 Å². The zero-order valence-electron chi connectivity index (χ0n) is 14.0.